The van der Waals surface area contributed by atoms with Gasteiger partial charge in [-0.2, -0.15) is 4.31 Å². The lowest BCUT2D eigenvalue weighted by Crippen LogP contribution is -2.50. The Morgan fingerprint density at radius 2 is 1.80 bits per heavy atom. The minimum Gasteiger partial charge on any atom is -0.387 e. The lowest BCUT2D eigenvalue weighted by atomic mass is 10.1. The molecule has 1 N–H and O–H groups in total. The van der Waals surface area contributed by atoms with Crippen LogP contribution in [0.5, 0.6) is 0 Å². The zero-order valence-corrected chi connectivity index (χ0v) is 18.2. The van der Waals surface area contributed by atoms with Crippen LogP contribution in [0.25, 0.3) is 0 Å². The predicted molar refractivity (Wildman–Crippen MR) is 114 cm³/mol. The third-order valence-corrected chi connectivity index (χ3v) is 7.65. The second-order valence-electron chi connectivity index (χ2n) is 6.49. The molecule has 0 radical (unpaired) electrons. The number of rotatable bonds is 5. The van der Waals surface area contributed by atoms with Crippen LogP contribution in [-0.2, 0) is 10.0 Å². The van der Waals surface area contributed by atoms with E-state index in [0.29, 0.717) is 5.69 Å². The Morgan fingerprint density at radius 1 is 1.13 bits per heavy atom. The number of nitro benzene ring substituents is 1. The maximum absolute atomic E-state index is 12.9. The highest BCUT2D eigenvalue weighted by molar-refractivity contribution is 7.89. The zero-order valence-electron chi connectivity index (χ0n) is 15.8. The maximum atomic E-state index is 12.9. The van der Waals surface area contributed by atoms with Gasteiger partial charge in [0.15, 0.2) is 0 Å². The molecule has 0 spiro atoms. The van der Waals surface area contributed by atoms with Gasteiger partial charge in [0, 0.05) is 51.0 Å². The minimum absolute atomic E-state index is 0.0482. The number of sulfonamides is 1. The van der Waals surface area contributed by atoms with E-state index in [1.54, 1.807) is 7.05 Å². The van der Waals surface area contributed by atoms with Crippen molar-refractivity contribution in [2.45, 2.75) is 4.90 Å². The number of nitro groups is 1. The Kier molecular flexibility index (Phi) is 6.51. The van der Waals surface area contributed by atoms with Gasteiger partial charge in [-0.15, -0.1) is 0 Å². The number of non-ortho nitro benzene ring substituents is 1. The van der Waals surface area contributed by atoms with Crippen molar-refractivity contribution in [1.82, 2.24) is 9.21 Å². The molecule has 0 aromatic heterocycles. The van der Waals surface area contributed by atoms with Crippen molar-refractivity contribution in [3.05, 3.63) is 62.1 Å². The quantitative estimate of drug-likeness (QED) is 0.528. The van der Waals surface area contributed by atoms with Crippen molar-refractivity contribution >= 4 is 50.5 Å². The molecule has 0 bridgehead atoms. The Bertz CT molecular complexity index is 1100. The predicted octanol–water partition coefficient (Wildman–Crippen LogP) is 3.09. The van der Waals surface area contributed by atoms with Gasteiger partial charge < -0.3 is 10.2 Å². The van der Waals surface area contributed by atoms with Gasteiger partial charge in [-0.25, -0.2) is 8.42 Å². The van der Waals surface area contributed by atoms with E-state index in [4.69, 9.17) is 23.2 Å². The van der Waals surface area contributed by atoms with Crippen LogP contribution in [0.15, 0.2) is 41.3 Å². The molecule has 1 aliphatic heterocycles. The number of piperazine rings is 1. The smallest absolute Gasteiger partial charge is 0.270 e. The van der Waals surface area contributed by atoms with Gasteiger partial charge in [-0.1, -0.05) is 29.3 Å². The SMILES string of the molecule is CNc1ccc([N+](=O)[O-])cc1C(=O)N1CCN(S(=O)(=O)c2cccc(Cl)c2Cl)CC1. The van der Waals surface area contributed by atoms with Crippen molar-refractivity contribution in [3.8, 4) is 0 Å². The third kappa shape index (κ3) is 4.22. The average molecular weight is 473 g/mol. The number of amides is 1. The highest BCUT2D eigenvalue weighted by Crippen LogP contribution is 2.31. The number of nitrogens with one attached hydrogen (secondary N) is 1. The van der Waals surface area contributed by atoms with Crippen LogP contribution in [0.2, 0.25) is 10.0 Å². The molecule has 3 rings (SSSR count). The van der Waals surface area contributed by atoms with E-state index in [9.17, 15) is 23.3 Å². The van der Waals surface area contributed by atoms with Gasteiger partial charge in [-0.05, 0) is 18.2 Å². The van der Waals surface area contributed by atoms with Crippen molar-refractivity contribution in [2.75, 3.05) is 38.5 Å². The fourth-order valence-corrected chi connectivity index (χ4v) is 5.32. The largest absolute Gasteiger partial charge is 0.387 e. The number of nitrogens with zero attached hydrogens (tertiary/aromatic N) is 3. The third-order valence-electron chi connectivity index (χ3n) is 4.77. The van der Waals surface area contributed by atoms with Crippen molar-refractivity contribution in [1.29, 1.82) is 0 Å². The number of benzene rings is 2. The summed E-state index contributed by atoms with van der Waals surface area (Å²) in [6.45, 7) is 0.367. The van der Waals surface area contributed by atoms with Crippen LogP contribution in [0, 0.1) is 10.1 Å². The molecule has 1 amide bonds. The fraction of sp³-hybridized carbons (Fsp3) is 0.278. The highest BCUT2D eigenvalue weighted by atomic mass is 35.5. The first-order valence-electron chi connectivity index (χ1n) is 8.86. The number of carbonyl (C=O) groups excluding carboxylic acids is 1. The van der Waals surface area contributed by atoms with Gasteiger partial charge in [0.25, 0.3) is 11.6 Å². The van der Waals surface area contributed by atoms with Crippen molar-refractivity contribution < 1.29 is 18.1 Å². The Balaban J connectivity index is 1.79. The van der Waals surface area contributed by atoms with Crippen LogP contribution < -0.4 is 5.32 Å². The lowest BCUT2D eigenvalue weighted by Gasteiger charge is -2.34. The van der Waals surface area contributed by atoms with Crippen molar-refractivity contribution in [2.24, 2.45) is 0 Å². The van der Waals surface area contributed by atoms with Crippen molar-refractivity contribution in [3.63, 3.8) is 0 Å². The molecule has 0 unspecified atom stereocenters. The Morgan fingerprint density at radius 3 is 2.40 bits per heavy atom. The average Bonchev–Trinajstić information content (AvgIpc) is 2.74. The molecule has 0 saturated carbocycles. The number of hydrogen-bond donors (Lipinski definition) is 1. The standard InChI is InChI=1S/C18H18Cl2N4O5S/c1-21-15-6-5-12(24(26)27)11-13(15)18(25)22-7-9-23(10-8-22)30(28,29)16-4-2-3-14(19)17(16)20/h2-6,11,21H,7-10H2,1H3. The molecule has 2 aromatic rings. The molecule has 1 heterocycles. The molecule has 1 saturated heterocycles. The maximum Gasteiger partial charge on any atom is 0.270 e. The Labute approximate surface area is 183 Å². The summed E-state index contributed by atoms with van der Waals surface area (Å²) in [5, 5.41) is 14.0. The summed E-state index contributed by atoms with van der Waals surface area (Å²) >= 11 is 12.0. The minimum atomic E-state index is -3.88. The molecule has 1 aliphatic rings. The number of anilines is 1. The van der Waals surface area contributed by atoms with E-state index in [1.165, 1.54) is 45.6 Å². The lowest BCUT2D eigenvalue weighted by molar-refractivity contribution is -0.384. The summed E-state index contributed by atoms with van der Waals surface area (Å²) in [5.41, 5.74) is 0.404. The van der Waals surface area contributed by atoms with Gasteiger partial charge in [0.05, 0.1) is 20.5 Å². The monoisotopic (exact) mass is 472 g/mol. The summed E-state index contributed by atoms with van der Waals surface area (Å²) < 4.78 is 27.1. The first-order chi connectivity index (χ1) is 14.2. The van der Waals surface area contributed by atoms with Gasteiger partial charge in [0.1, 0.15) is 4.90 Å². The first-order valence-corrected chi connectivity index (χ1v) is 11.1. The fourth-order valence-electron chi connectivity index (χ4n) is 3.16. The van der Waals surface area contributed by atoms with Gasteiger partial charge in [-0.3, -0.25) is 14.9 Å². The van der Waals surface area contributed by atoms with Gasteiger partial charge >= 0.3 is 0 Å². The highest BCUT2D eigenvalue weighted by Gasteiger charge is 2.33. The van der Waals surface area contributed by atoms with E-state index in [2.05, 4.69) is 5.32 Å². The zero-order chi connectivity index (χ0) is 22.1. The molecule has 9 nitrogen and oxygen atoms in total. The van der Waals surface area contributed by atoms with Crippen LogP contribution in [0.4, 0.5) is 11.4 Å². The second-order valence-corrected chi connectivity index (χ2v) is 9.18. The van der Waals surface area contributed by atoms with Crippen LogP contribution in [0.1, 0.15) is 10.4 Å². The van der Waals surface area contributed by atoms with Crippen LogP contribution >= 0.6 is 23.2 Å². The second kappa shape index (κ2) is 8.76. The molecule has 0 atom stereocenters. The summed E-state index contributed by atoms with van der Waals surface area (Å²) in [6.07, 6.45) is 0. The summed E-state index contributed by atoms with van der Waals surface area (Å²) in [6, 6.07) is 8.36. The van der Waals surface area contributed by atoms with E-state index in [0.717, 1.165) is 0 Å². The topological polar surface area (TPSA) is 113 Å². The van der Waals surface area contributed by atoms with E-state index in [-0.39, 0.29) is 52.4 Å². The van der Waals surface area contributed by atoms with Crippen LogP contribution in [0.3, 0.4) is 0 Å². The van der Waals surface area contributed by atoms with E-state index in [1.807, 2.05) is 0 Å². The molecule has 160 valence electrons. The van der Waals surface area contributed by atoms with Gasteiger partial charge in [0.2, 0.25) is 10.0 Å². The molecular formula is C18H18Cl2N4O5S. The molecule has 30 heavy (non-hydrogen) atoms. The molecular weight excluding hydrogens is 455 g/mol. The number of hydrogen-bond acceptors (Lipinski definition) is 6. The normalized spacial score (nSPS) is 15.1. The molecule has 12 heteroatoms. The molecule has 2 aromatic carbocycles. The summed E-state index contributed by atoms with van der Waals surface area (Å²) in [4.78, 5) is 24.8. The Hall–Kier alpha value is -2.40. The van der Waals surface area contributed by atoms with E-state index >= 15 is 0 Å². The number of halogens is 2. The molecule has 0 aliphatic carbocycles. The first kappa shape index (κ1) is 22.3. The van der Waals surface area contributed by atoms with E-state index < -0.39 is 20.9 Å². The number of carbonyl (C=O) groups is 1. The van der Waals surface area contributed by atoms with Crippen LogP contribution in [-0.4, -0.2) is 61.7 Å². The summed E-state index contributed by atoms with van der Waals surface area (Å²) in [5.74, 6) is -0.416. The molecule has 1 fully saturated rings. The summed E-state index contributed by atoms with van der Waals surface area (Å²) in [7, 11) is -2.27.